The average Bonchev–Trinajstić information content (AvgIpc) is 3.13. The predicted molar refractivity (Wildman–Crippen MR) is 127 cm³/mol. The molecule has 0 bridgehead atoms. The van der Waals surface area contributed by atoms with Gasteiger partial charge in [-0.2, -0.15) is 0 Å². The molecule has 3 rings (SSSR count). The number of nitrogens with one attached hydrogen (secondary N) is 2. The molecule has 1 aliphatic rings. The van der Waals surface area contributed by atoms with E-state index in [4.69, 9.17) is 4.99 Å². The highest BCUT2D eigenvalue weighted by Crippen LogP contribution is 2.20. The number of guanidine groups is 1. The zero-order valence-corrected chi connectivity index (χ0v) is 19.6. The van der Waals surface area contributed by atoms with E-state index in [0.717, 1.165) is 37.2 Å². The lowest BCUT2D eigenvalue weighted by Gasteiger charge is -2.32. The molecule has 7 nitrogen and oxygen atoms in total. The van der Waals surface area contributed by atoms with Gasteiger partial charge in [0, 0.05) is 19.6 Å². The number of hydrogen-bond acceptors (Lipinski definition) is 4. The number of aryl methyl sites for hydroxylation is 1. The Morgan fingerprint density at radius 2 is 1.84 bits per heavy atom. The summed E-state index contributed by atoms with van der Waals surface area (Å²) in [5.41, 5.74) is 1.33. The first-order chi connectivity index (χ1) is 15.1. The van der Waals surface area contributed by atoms with Crippen LogP contribution in [0.15, 0.2) is 35.3 Å². The van der Waals surface area contributed by atoms with Gasteiger partial charge in [0.05, 0.1) is 6.04 Å². The average molecular weight is 426 g/mol. The first-order valence-corrected chi connectivity index (χ1v) is 11.8. The summed E-state index contributed by atoms with van der Waals surface area (Å²) in [6.45, 7) is 9.77. The van der Waals surface area contributed by atoms with Crippen LogP contribution in [0.2, 0.25) is 0 Å². The van der Waals surface area contributed by atoms with Crippen molar-refractivity contribution >= 4 is 5.96 Å². The van der Waals surface area contributed by atoms with Gasteiger partial charge in [0.15, 0.2) is 11.8 Å². The number of rotatable bonds is 9. The third kappa shape index (κ3) is 6.53. The molecule has 1 unspecified atom stereocenters. The van der Waals surface area contributed by atoms with Crippen LogP contribution in [0.3, 0.4) is 0 Å². The lowest BCUT2D eigenvalue weighted by atomic mass is 9.96. The van der Waals surface area contributed by atoms with Crippen LogP contribution in [-0.4, -0.2) is 51.3 Å². The molecule has 0 aliphatic heterocycles. The second-order valence-corrected chi connectivity index (χ2v) is 8.40. The molecule has 1 atom stereocenters. The van der Waals surface area contributed by atoms with Gasteiger partial charge in [0.25, 0.3) is 0 Å². The van der Waals surface area contributed by atoms with Crippen LogP contribution in [0.5, 0.6) is 0 Å². The highest BCUT2D eigenvalue weighted by molar-refractivity contribution is 5.80. The Bertz CT molecular complexity index is 805. The van der Waals surface area contributed by atoms with Crippen LogP contribution in [-0.2, 0) is 13.6 Å². The Kier molecular flexibility index (Phi) is 8.88. The van der Waals surface area contributed by atoms with Crippen LogP contribution in [0.25, 0.3) is 0 Å². The van der Waals surface area contributed by atoms with Gasteiger partial charge in [-0.3, -0.25) is 4.90 Å². The fraction of sp³-hybridized carbons (Fsp3) is 0.625. The lowest BCUT2D eigenvalue weighted by Crippen LogP contribution is -2.47. The molecule has 2 aromatic rings. The van der Waals surface area contributed by atoms with E-state index in [2.05, 4.69) is 69.9 Å². The monoisotopic (exact) mass is 425 g/mol. The fourth-order valence-corrected chi connectivity index (χ4v) is 4.32. The zero-order chi connectivity index (χ0) is 22.1. The summed E-state index contributed by atoms with van der Waals surface area (Å²) in [7, 11) is 1.99. The smallest absolute Gasteiger partial charge is 0.191 e. The Morgan fingerprint density at radius 3 is 2.45 bits per heavy atom. The summed E-state index contributed by atoms with van der Waals surface area (Å²) < 4.78 is 2.00. The van der Waals surface area contributed by atoms with E-state index >= 15 is 0 Å². The van der Waals surface area contributed by atoms with Crippen molar-refractivity contribution in [2.45, 2.75) is 71.5 Å². The Labute approximate surface area is 187 Å². The molecule has 1 saturated carbocycles. The van der Waals surface area contributed by atoms with Crippen LogP contribution >= 0.6 is 0 Å². The third-order valence-electron chi connectivity index (χ3n) is 6.41. The van der Waals surface area contributed by atoms with Crippen molar-refractivity contribution in [3.05, 3.63) is 47.5 Å². The minimum atomic E-state index is 0.298. The molecule has 1 heterocycles. The Balaban J connectivity index is 1.75. The van der Waals surface area contributed by atoms with Crippen molar-refractivity contribution in [1.29, 1.82) is 0 Å². The summed E-state index contributed by atoms with van der Waals surface area (Å²) in [6, 6.07) is 11.6. The second kappa shape index (κ2) is 11.8. The van der Waals surface area contributed by atoms with Gasteiger partial charge in [-0.1, -0.05) is 63.4 Å². The first kappa shape index (κ1) is 23.3. The lowest BCUT2D eigenvalue weighted by molar-refractivity contribution is 0.218. The molecule has 1 fully saturated rings. The van der Waals surface area contributed by atoms with E-state index in [0.29, 0.717) is 18.6 Å². The van der Waals surface area contributed by atoms with Crippen molar-refractivity contribution < 1.29 is 0 Å². The molecule has 0 spiro atoms. The van der Waals surface area contributed by atoms with Crippen molar-refractivity contribution in [2.24, 2.45) is 12.0 Å². The van der Waals surface area contributed by atoms with Gasteiger partial charge in [-0.05, 0) is 38.4 Å². The quantitative estimate of drug-likeness (QED) is 0.475. The summed E-state index contributed by atoms with van der Waals surface area (Å²) in [6.07, 6.45) is 6.34. The first-order valence-electron chi connectivity index (χ1n) is 11.8. The van der Waals surface area contributed by atoms with Gasteiger partial charge in [0.1, 0.15) is 12.4 Å². The van der Waals surface area contributed by atoms with Crippen molar-refractivity contribution in [3.8, 4) is 0 Å². The van der Waals surface area contributed by atoms with Crippen LogP contribution in [0.1, 0.15) is 69.2 Å². The summed E-state index contributed by atoms with van der Waals surface area (Å²) >= 11 is 0. The number of benzene rings is 1. The van der Waals surface area contributed by atoms with Crippen molar-refractivity contribution in [2.75, 3.05) is 19.6 Å². The van der Waals surface area contributed by atoms with E-state index in [1.807, 2.05) is 18.5 Å². The number of hydrogen-bond donors (Lipinski definition) is 2. The standard InChI is InChI=1S/C24H39N7/c1-5-31(6-2)22(20-13-9-7-10-14-20)17-25-24(27-21-15-11-8-12-16-21)26-18-23-29-28-19(3)30(23)4/h7,9-10,13-14,21-22H,5-6,8,11-12,15-18H2,1-4H3,(H2,25,26,27). The maximum absolute atomic E-state index is 4.89. The third-order valence-corrected chi connectivity index (χ3v) is 6.41. The summed E-state index contributed by atoms with van der Waals surface area (Å²) in [4.78, 5) is 7.38. The van der Waals surface area contributed by atoms with E-state index in [1.54, 1.807) is 0 Å². The number of nitrogens with zero attached hydrogens (tertiary/aromatic N) is 5. The van der Waals surface area contributed by atoms with Gasteiger partial charge in [0.2, 0.25) is 0 Å². The minimum Gasteiger partial charge on any atom is -0.354 e. The molecule has 31 heavy (non-hydrogen) atoms. The maximum Gasteiger partial charge on any atom is 0.191 e. The van der Waals surface area contributed by atoms with E-state index < -0.39 is 0 Å². The number of likely N-dealkylation sites (N-methyl/N-ethyl adjacent to an activating group) is 1. The highest BCUT2D eigenvalue weighted by atomic mass is 15.3. The SMILES string of the molecule is CCN(CC)C(CNC(=NCc1nnc(C)n1C)NC1CCCCC1)c1ccccc1. The predicted octanol–water partition coefficient (Wildman–Crippen LogP) is 3.57. The summed E-state index contributed by atoms with van der Waals surface area (Å²) in [5.74, 6) is 2.66. The number of aliphatic imine (C=N–C) groups is 1. The Morgan fingerprint density at radius 1 is 1.13 bits per heavy atom. The molecule has 0 saturated heterocycles. The maximum atomic E-state index is 4.89. The topological polar surface area (TPSA) is 70.4 Å². The van der Waals surface area contributed by atoms with Crippen molar-refractivity contribution in [3.63, 3.8) is 0 Å². The zero-order valence-electron chi connectivity index (χ0n) is 19.6. The molecule has 2 N–H and O–H groups in total. The molecule has 1 aromatic heterocycles. The van der Waals surface area contributed by atoms with Gasteiger partial charge < -0.3 is 15.2 Å². The molecule has 0 amide bonds. The van der Waals surface area contributed by atoms with Gasteiger partial charge in [-0.25, -0.2) is 4.99 Å². The number of aromatic nitrogens is 3. The van der Waals surface area contributed by atoms with Crippen LogP contribution in [0.4, 0.5) is 0 Å². The molecule has 7 heteroatoms. The van der Waals surface area contributed by atoms with E-state index in [9.17, 15) is 0 Å². The summed E-state index contributed by atoms with van der Waals surface area (Å²) in [5, 5.41) is 15.8. The molecule has 0 radical (unpaired) electrons. The fourth-order valence-electron chi connectivity index (χ4n) is 4.32. The van der Waals surface area contributed by atoms with Crippen LogP contribution in [0, 0.1) is 6.92 Å². The molecule has 1 aromatic carbocycles. The van der Waals surface area contributed by atoms with Gasteiger partial charge in [-0.15, -0.1) is 10.2 Å². The minimum absolute atomic E-state index is 0.298. The van der Waals surface area contributed by atoms with Gasteiger partial charge >= 0.3 is 0 Å². The molecule has 170 valence electrons. The van der Waals surface area contributed by atoms with Crippen LogP contribution < -0.4 is 10.6 Å². The van der Waals surface area contributed by atoms with E-state index in [-0.39, 0.29) is 0 Å². The van der Waals surface area contributed by atoms with Crippen molar-refractivity contribution in [1.82, 2.24) is 30.3 Å². The molecule has 1 aliphatic carbocycles. The normalized spacial score (nSPS) is 16.5. The highest BCUT2D eigenvalue weighted by Gasteiger charge is 2.20. The Hall–Kier alpha value is -2.41. The molecular formula is C24H39N7. The molecular weight excluding hydrogens is 386 g/mol. The largest absolute Gasteiger partial charge is 0.354 e. The van der Waals surface area contributed by atoms with E-state index in [1.165, 1.54) is 37.7 Å². The second-order valence-electron chi connectivity index (χ2n) is 8.40.